The molecule has 0 bridgehead atoms. The van der Waals surface area contributed by atoms with Crippen LogP contribution in [0.25, 0.3) is 0 Å². The Morgan fingerprint density at radius 2 is 2.12 bits per heavy atom. The first kappa shape index (κ1) is 12.0. The second-order valence-corrected chi connectivity index (χ2v) is 5.55. The number of hydrogen-bond donors (Lipinski definition) is 0. The molecule has 1 fully saturated rings. The maximum atomic E-state index is 4.53. The topological polar surface area (TPSA) is 21.1 Å². The largest absolute Gasteiger partial charge is 0.354 e. The van der Waals surface area contributed by atoms with Crippen molar-refractivity contribution in [1.29, 1.82) is 0 Å². The van der Waals surface area contributed by atoms with Gasteiger partial charge in [0.25, 0.3) is 0 Å². The van der Waals surface area contributed by atoms with Crippen molar-refractivity contribution < 1.29 is 0 Å². The summed E-state index contributed by atoms with van der Waals surface area (Å²) in [5.41, 5.74) is 2.48. The van der Waals surface area contributed by atoms with E-state index in [0.29, 0.717) is 6.04 Å². The van der Waals surface area contributed by atoms with Crippen molar-refractivity contribution in [1.82, 2.24) is 9.78 Å². The van der Waals surface area contributed by atoms with E-state index >= 15 is 0 Å². The SMILES string of the molecule is Cc1nn(C)c(N2CC(C)CC2C)c1CBr. The Morgan fingerprint density at radius 1 is 1.44 bits per heavy atom. The van der Waals surface area contributed by atoms with E-state index < -0.39 is 0 Å². The third-order valence-electron chi connectivity index (χ3n) is 3.50. The fourth-order valence-electron chi connectivity index (χ4n) is 2.80. The summed E-state index contributed by atoms with van der Waals surface area (Å²) >= 11 is 3.57. The summed E-state index contributed by atoms with van der Waals surface area (Å²) in [6, 6.07) is 0.627. The van der Waals surface area contributed by atoms with Crippen LogP contribution in [-0.2, 0) is 12.4 Å². The lowest BCUT2D eigenvalue weighted by atomic mass is 10.1. The summed E-state index contributed by atoms with van der Waals surface area (Å²) in [6.07, 6.45) is 1.28. The Labute approximate surface area is 106 Å². The average Bonchev–Trinajstić information content (AvgIpc) is 2.66. The first-order valence-electron chi connectivity index (χ1n) is 5.89. The molecule has 16 heavy (non-hydrogen) atoms. The van der Waals surface area contributed by atoms with Gasteiger partial charge in [0.05, 0.1) is 5.69 Å². The van der Waals surface area contributed by atoms with Crippen molar-refractivity contribution in [3.63, 3.8) is 0 Å². The summed E-state index contributed by atoms with van der Waals surface area (Å²) in [6.45, 7) is 7.88. The summed E-state index contributed by atoms with van der Waals surface area (Å²) in [4.78, 5) is 2.50. The van der Waals surface area contributed by atoms with Gasteiger partial charge in [0, 0.05) is 30.5 Å². The standard InChI is InChI=1S/C12H20BrN3/c1-8-5-9(2)16(7-8)12-11(6-13)10(3)14-15(12)4/h8-9H,5-7H2,1-4H3. The molecule has 2 unspecified atom stereocenters. The third kappa shape index (κ3) is 1.88. The normalized spacial score (nSPS) is 25.4. The van der Waals surface area contributed by atoms with Crippen molar-refractivity contribution in [2.45, 2.75) is 38.6 Å². The molecule has 0 N–H and O–H groups in total. The van der Waals surface area contributed by atoms with Crippen LogP contribution in [0.5, 0.6) is 0 Å². The fourth-order valence-corrected chi connectivity index (χ4v) is 3.46. The van der Waals surface area contributed by atoms with Crippen LogP contribution in [0.2, 0.25) is 0 Å². The van der Waals surface area contributed by atoms with Crippen LogP contribution >= 0.6 is 15.9 Å². The number of aromatic nitrogens is 2. The Hall–Kier alpha value is -0.510. The molecule has 0 radical (unpaired) electrons. The zero-order valence-electron chi connectivity index (χ0n) is 10.5. The van der Waals surface area contributed by atoms with Crippen LogP contribution < -0.4 is 4.90 Å². The van der Waals surface area contributed by atoms with Gasteiger partial charge in [-0.25, -0.2) is 0 Å². The molecule has 0 saturated carbocycles. The van der Waals surface area contributed by atoms with Gasteiger partial charge in [-0.1, -0.05) is 22.9 Å². The van der Waals surface area contributed by atoms with Gasteiger partial charge in [-0.3, -0.25) is 4.68 Å². The van der Waals surface area contributed by atoms with E-state index in [1.54, 1.807) is 0 Å². The molecule has 0 spiro atoms. The van der Waals surface area contributed by atoms with Crippen LogP contribution in [0, 0.1) is 12.8 Å². The smallest absolute Gasteiger partial charge is 0.131 e. The van der Waals surface area contributed by atoms with Gasteiger partial charge in [-0.05, 0) is 26.2 Å². The maximum Gasteiger partial charge on any atom is 0.131 e. The number of anilines is 1. The number of aryl methyl sites for hydroxylation is 2. The summed E-state index contributed by atoms with van der Waals surface area (Å²) < 4.78 is 2.03. The lowest BCUT2D eigenvalue weighted by Gasteiger charge is -2.24. The van der Waals surface area contributed by atoms with Gasteiger partial charge < -0.3 is 4.90 Å². The number of nitrogens with zero attached hydrogens (tertiary/aromatic N) is 3. The molecule has 0 aromatic carbocycles. The molecule has 1 aliphatic heterocycles. The minimum atomic E-state index is 0.627. The lowest BCUT2D eigenvalue weighted by Crippen LogP contribution is -2.29. The molecular formula is C12H20BrN3. The zero-order valence-corrected chi connectivity index (χ0v) is 12.1. The van der Waals surface area contributed by atoms with Gasteiger partial charge in [0.2, 0.25) is 0 Å². The number of rotatable bonds is 2. The molecule has 2 rings (SSSR count). The summed E-state index contributed by atoms with van der Waals surface area (Å²) in [7, 11) is 2.05. The van der Waals surface area contributed by atoms with Crippen molar-refractivity contribution in [3.8, 4) is 0 Å². The molecule has 1 aromatic heterocycles. The molecule has 2 atom stereocenters. The molecule has 90 valence electrons. The van der Waals surface area contributed by atoms with Crippen LogP contribution in [-0.4, -0.2) is 22.4 Å². The van der Waals surface area contributed by atoms with E-state index in [0.717, 1.165) is 23.5 Å². The molecule has 0 amide bonds. The zero-order chi connectivity index (χ0) is 11.9. The van der Waals surface area contributed by atoms with Crippen molar-refractivity contribution in [2.24, 2.45) is 13.0 Å². The number of halogens is 1. The van der Waals surface area contributed by atoms with Crippen LogP contribution in [0.15, 0.2) is 0 Å². The van der Waals surface area contributed by atoms with Gasteiger partial charge in [-0.15, -0.1) is 0 Å². The second-order valence-electron chi connectivity index (χ2n) is 4.99. The molecule has 3 nitrogen and oxygen atoms in total. The van der Waals surface area contributed by atoms with E-state index in [-0.39, 0.29) is 0 Å². The van der Waals surface area contributed by atoms with Crippen molar-refractivity contribution in [3.05, 3.63) is 11.3 Å². The highest BCUT2D eigenvalue weighted by Gasteiger charge is 2.30. The minimum absolute atomic E-state index is 0.627. The quantitative estimate of drug-likeness (QED) is 0.779. The van der Waals surface area contributed by atoms with E-state index in [1.165, 1.54) is 17.8 Å². The molecule has 1 aliphatic rings. The van der Waals surface area contributed by atoms with E-state index in [4.69, 9.17) is 0 Å². The summed E-state index contributed by atoms with van der Waals surface area (Å²) in [5.74, 6) is 2.08. The molecule has 2 heterocycles. The first-order valence-corrected chi connectivity index (χ1v) is 7.01. The van der Waals surface area contributed by atoms with Crippen molar-refractivity contribution >= 4 is 21.7 Å². The van der Waals surface area contributed by atoms with E-state index in [2.05, 4.69) is 46.7 Å². The van der Waals surface area contributed by atoms with Gasteiger partial charge in [-0.2, -0.15) is 5.10 Å². The number of alkyl halides is 1. The molecular weight excluding hydrogens is 266 g/mol. The van der Waals surface area contributed by atoms with Gasteiger partial charge >= 0.3 is 0 Å². The monoisotopic (exact) mass is 285 g/mol. The highest BCUT2D eigenvalue weighted by Crippen LogP contribution is 2.33. The van der Waals surface area contributed by atoms with E-state index in [1.807, 2.05) is 11.7 Å². The van der Waals surface area contributed by atoms with Gasteiger partial charge in [0.15, 0.2) is 0 Å². The van der Waals surface area contributed by atoms with E-state index in [9.17, 15) is 0 Å². The van der Waals surface area contributed by atoms with Gasteiger partial charge in [0.1, 0.15) is 5.82 Å². The maximum absolute atomic E-state index is 4.53. The highest BCUT2D eigenvalue weighted by molar-refractivity contribution is 9.08. The molecule has 1 saturated heterocycles. The lowest BCUT2D eigenvalue weighted by molar-refractivity contribution is 0.624. The Balaban J connectivity index is 2.39. The third-order valence-corrected chi connectivity index (χ3v) is 4.06. The first-order chi connectivity index (χ1) is 7.54. The summed E-state index contributed by atoms with van der Waals surface area (Å²) in [5, 5.41) is 5.42. The van der Waals surface area contributed by atoms with Crippen LogP contribution in [0.1, 0.15) is 31.5 Å². The predicted octanol–water partition coefficient (Wildman–Crippen LogP) is 2.86. The van der Waals surface area contributed by atoms with Crippen LogP contribution in [0.3, 0.4) is 0 Å². The molecule has 0 aliphatic carbocycles. The Bertz CT molecular complexity index is 386. The fraction of sp³-hybridized carbons (Fsp3) is 0.750. The molecule has 4 heteroatoms. The number of hydrogen-bond acceptors (Lipinski definition) is 2. The Kier molecular flexibility index (Phi) is 3.29. The molecule has 1 aromatic rings. The second kappa shape index (κ2) is 4.40. The highest BCUT2D eigenvalue weighted by atomic mass is 79.9. The Morgan fingerprint density at radius 3 is 2.62 bits per heavy atom. The average molecular weight is 286 g/mol. The van der Waals surface area contributed by atoms with Crippen LogP contribution in [0.4, 0.5) is 5.82 Å². The van der Waals surface area contributed by atoms with Crippen molar-refractivity contribution in [2.75, 3.05) is 11.4 Å². The predicted molar refractivity (Wildman–Crippen MR) is 71.2 cm³/mol. The minimum Gasteiger partial charge on any atom is -0.354 e.